The smallest absolute Gasteiger partial charge is 0.407 e. The molecule has 0 aliphatic carbocycles. The maximum Gasteiger partial charge on any atom is 0.407 e. The number of hydrogen-bond donors (Lipinski definition) is 2. The van der Waals surface area contributed by atoms with Crippen LogP contribution in [0.4, 0.5) is 4.79 Å². The molecule has 0 saturated carbocycles. The fourth-order valence-electron chi connectivity index (χ4n) is 1.86. The standard InChI is InChI=1S/C14H23N3O4/c1-14(2,3)21-13(20)16-11(5-6-12(18)19)7-10-8-15-17(4)9-10/h8-9,11H,5-7H2,1-4H3,(H,16,20)(H,18,19). The van der Waals surface area contributed by atoms with E-state index in [1.807, 2.05) is 6.20 Å². The van der Waals surface area contributed by atoms with Gasteiger partial charge in [-0.2, -0.15) is 5.10 Å². The van der Waals surface area contributed by atoms with Crippen LogP contribution in [0.25, 0.3) is 0 Å². The van der Waals surface area contributed by atoms with Gasteiger partial charge < -0.3 is 15.2 Å². The highest BCUT2D eigenvalue weighted by Crippen LogP contribution is 2.10. The quantitative estimate of drug-likeness (QED) is 0.834. The zero-order valence-corrected chi connectivity index (χ0v) is 12.9. The molecule has 0 aliphatic rings. The van der Waals surface area contributed by atoms with Gasteiger partial charge in [-0.05, 0) is 39.2 Å². The van der Waals surface area contributed by atoms with Crippen molar-refractivity contribution in [2.45, 2.75) is 51.7 Å². The Morgan fingerprint density at radius 2 is 2.14 bits per heavy atom. The van der Waals surface area contributed by atoms with Crippen LogP contribution in [0.15, 0.2) is 12.4 Å². The van der Waals surface area contributed by atoms with Crippen molar-refractivity contribution in [3.63, 3.8) is 0 Å². The predicted octanol–water partition coefficient (Wildman–Crippen LogP) is 1.72. The minimum Gasteiger partial charge on any atom is -0.481 e. The molecule has 0 fully saturated rings. The third kappa shape index (κ3) is 7.34. The highest BCUT2D eigenvalue weighted by atomic mass is 16.6. The van der Waals surface area contributed by atoms with Gasteiger partial charge >= 0.3 is 12.1 Å². The van der Waals surface area contributed by atoms with Gasteiger partial charge in [0.2, 0.25) is 0 Å². The summed E-state index contributed by atoms with van der Waals surface area (Å²) < 4.78 is 6.86. The maximum atomic E-state index is 11.8. The molecule has 1 aromatic heterocycles. The van der Waals surface area contributed by atoms with Crippen molar-refractivity contribution in [2.75, 3.05) is 0 Å². The summed E-state index contributed by atoms with van der Waals surface area (Å²) in [4.78, 5) is 22.5. The lowest BCUT2D eigenvalue weighted by atomic mass is 10.0. The Morgan fingerprint density at radius 3 is 2.62 bits per heavy atom. The van der Waals surface area contributed by atoms with Crippen molar-refractivity contribution in [1.29, 1.82) is 0 Å². The van der Waals surface area contributed by atoms with Gasteiger partial charge in [0, 0.05) is 25.7 Å². The topological polar surface area (TPSA) is 93.5 Å². The summed E-state index contributed by atoms with van der Waals surface area (Å²) in [5, 5.41) is 15.6. The van der Waals surface area contributed by atoms with E-state index in [1.165, 1.54) is 0 Å². The van der Waals surface area contributed by atoms with Gasteiger partial charge in [0.25, 0.3) is 0 Å². The summed E-state index contributed by atoms with van der Waals surface area (Å²) in [7, 11) is 1.80. The molecule has 1 rings (SSSR count). The molecule has 0 bridgehead atoms. The molecule has 118 valence electrons. The zero-order valence-electron chi connectivity index (χ0n) is 12.9. The second-order valence-corrected chi connectivity index (χ2v) is 6.00. The number of carbonyl (C=O) groups is 2. The highest BCUT2D eigenvalue weighted by Gasteiger charge is 2.20. The van der Waals surface area contributed by atoms with Crippen LogP contribution in [0.2, 0.25) is 0 Å². The summed E-state index contributed by atoms with van der Waals surface area (Å²) >= 11 is 0. The van der Waals surface area contributed by atoms with E-state index >= 15 is 0 Å². The first-order valence-electron chi connectivity index (χ1n) is 6.84. The molecular formula is C14H23N3O4. The van der Waals surface area contributed by atoms with Gasteiger partial charge in [-0.3, -0.25) is 9.48 Å². The Kier molecular flexibility index (Phi) is 5.75. The molecule has 1 aromatic rings. The van der Waals surface area contributed by atoms with Crippen molar-refractivity contribution >= 4 is 12.1 Å². The number of amides is 1. The van der Waals surface area contributed by atoms with Crippen LogP contribution in [0.1, 0.15) is 39.2 Å². The van der Waals surface area contributed by atoms with Crippen LogP contribution in [-0.4, -0.2) is 38.6 Å². The van der Waals surface area contributed by atoms with Gasteiger partial charge in [-0.25, -0.2) is 4.79 Å². The third-order valence-corrected chi connectivity index (χ3v) is 2.67. The van der Waals surface area contributed by atoms with E-state index in [4.69, 9.17) is 9.84 Å². The fourth-order valence-corrected chi connectivity index (χ4v) is 1.86. The number of carboxylic acids is 1. The van der Waals surface area contributed by atoms with E-state index in [1.54, 1.807) is 38.7 Å². The molecule has 21 heavy (non-hydrogen) atoms. The number of aryl methyl sites for hydroxylation is 1. The van der Waals surface area contributed by atoms with E-state index in [-0.39, 0.29) is 12.5 Å². The zero-order chi connectivity index (χ0) is 16.0. The number of carbonyl (C=O) groups excluding carboxylic acids is 1. The molecule has 1 heterocycles. The Morgan fingerprint density at radius 1 is 1.48 bits per heavy atom. The number of rotatable bonds is 6. The molecule has 7 nitrogen and oxygen atoms in total. The van der Waals surface area contributed by atoms with E-state index in [9.17, 15) is 9.59 Å². The van der Waals surface area contributed by atoms with Crippen molar-refractivity contribution in [3.05, 3.63) is 18.0 Å². The third-order valence-electron chi connectivity index (χ3n) is 2.67. The molecule has 0 spiro atoms. The number of ether oxygens (including phenoxy) is 1. The number of alkyl carbamates (subject to hydrolysis) is 1. The van der Waals surface area contributed by atoms with Gasteiger partial charge in [-0.15, -0.1) is 0 Å². The monoisotopic (exact) mass is 297 g/mol. The van der Waals surface area contributed by atoms with Crippen LogP contribution in [0.3, 0.4) is 0 Å². The summed E-state index contributed by atoms with van der Waals surface area (Å²) in [6.07, 6.45) is 3.83. The van der Waals surface area contributed by atoms with Crippen LogP contribution in [-0.2, 0) is 23.0 Å². The van der Waals surface area contributed by atoms with Crippen LogP contribution in [0, 0.1) is 0 Å². The van der Waals surface area contributed by atoms with Gasteiger partial charge in [0.1, 0.15) is 5.60 Å². The summed E-state index contributed by atoms with van der Waals surface area (Å²) in [6.45, 7) is 5.33. The predicted molar refractivity (Wildman–Crippen MR) is 76.9 cm³/mol. The Hall–Kier alpha value is -2.05. The number of hydrogen-bond acceptors (Lipinski definition) is 4. The minimum absolute atomic E-state index is 0.0132. The number of nitrogens with one attached hydrogen (secondary N) is 1. The minimum atomic E-state index is -0.892. The number of aliphatic carboxylic acids is 1. The Labute approximate surface area is 124 Å². The molecule has 7 heteroatoms. The van der Waals surface area contributed by atoms with Crippen LogP contribution < -0.4 is 5.32 Å². The molecular weight excluding hydrogens is 274 g/mol. The first kappa shape index (κ1) is 17.0. The second-order valence-electron chi connectivity index (χ2n) is 6.00. The van der Waals surface area contributed by atoms with E-state index in [0.29, 0.717) is 12.8 Å². The molecule has 0 aromatic carbocycles. The van der Waals surface area contributed by atoms with Gasteiger partial charge in [-0.1, -0.05) is 0 Å². The Bertz CT molecular complexity index is 491. The van der Waals surface area contributed by atoms with Crippen LogP contribution >= 0.6 is 0 Å². The number of nitrogens with zero attached hydrogens (tertiary/aromatic N) is 2. The average Bonchev–Trinajstić information content (AvgIpc) is 2.69. The molecule has 0 aliphatic heterocycles. The largest absolute Gasteiger partial charge is 0.481 e. The average molecular weight is 297 g/mol. The molecule has 1 atom stereocenters. The SMILES string of the molecule is Cn1cc(CC(CCC(=O)O)NC(=O)OC(C)(C)C)cn1. The lowest BCUT2D eigenvalue weighted by molar-refractivity contribution is -0.137. The fraction of sp³-hybridized carbons (Fsp3) is 0.643. The normalized spacial score (nSPS) is 12.8. The number of carboxylic acid groups (broad SMARTS) is 1. The molecule has 1 amide bonds. The Balaban J connectivity index is 2.63. The van der Waals surface area contributed by atoms with Crippen molar-refractivity contribution in [2.24, 2.45) is 7.05 Å². The van der Waals surface area contributed by atoms with Gasteiger partial charge in [0.05, 0.1) is 6.20 Å². The van der Waals surface area contributed by atoms with E-state index in [0.717, 1.165) is 5.56 Å². The summed E-state index contributed by atoms with van der Waals surface area (Å²) in [5.41, 5.74) is 0.347. The van der Waals surface area contributed by atoms with Crippen molar-refractivity contribution in [1.82, 2.24) is 15.1 Å². The maximum absolute atomic E-state index is 11.8. The van der Waals surface area contributed by atoms with E-state index in [2.05, 4.69) is 10.4 Å². The van der Waals surface area contributed by atoms with Crippen molar-refractivity contribution in [3.8, 4) is 0 Å². The van der Waals surface area contributed by atoms with E-state index < -0.39 is 17.7 Å². The second kappa shape index (κ2) is 7.10. The van der Waals surface area contributed by atoms with Gasteiger partial charge in [0.15, 0.2) is 0 Å². The first-order chi connectivity index (χ1) is 9.65. The number of aromatic nitrogens is 2. The summed E-state index contributed by atoms with van der Waals surface area (Å²) in [6, 6.07) is -0.305. The lowest BCUT2D eigenvalue weighted by Crippen LogP contribution is -2.40. The molecule has 2 N–H and O–H groups in total. The first-order valence-corrected chi connectivity index (χ1v) is 6.84. The highest BCUT2D eigenvalue weighted by molar-refractivity contribution is 5.69. The van der Waals surface area contributed by atoms with Crippen LogP contribution in [0.5, 0.6) is 0 Å². The molecule has 0 radical (unpaired) electrons. The summed E-state index contributed by atoms with van der Waals surface area (Å²) in [5.74, 6) is -0.892. The molecule has 1 unspecified atom stereocenters. The lowest BCUT2D eigenvalue weighted by Gasteiger charge is -2.23. The van der Waals surface area contributed by atoms with Crippen molar-refractivity contribution < 1.29 is 19.4 Å². The molecule has 0 saturated heterocycles.